The summed E-state index contributed by atoms with van der Waals surface area (Å²) in [5.74, 6) is 1.55. The molecule has 0 radical (unpaired) electrons. The number of rotatable bonds is 4. The van der Waals surface area contributed by atoms with Crippen molar-refractivity contribution in [3.8, 4) is 5.75 Å². The molecule has 3 N–H and O–H groups in total. The Morgan fingerprint density at radius 1 is 1.30 bits per heavy atom. The highest BCUT2D eigenvalue weighted by molar-refractivity contribution is 5.85. The van der Waals surface area contributed by atoms with Gasteiger partial charge in [-0.3, -0.25) is 0 Å². The Bertz CT molecular complexity index is 569. The highest BCUT2D eigenvalue weighted by atomic mass is 16.5. The van der Waals surface area contributed by atoms with Gasteiger partial charge in [-0.2, -0.15) is 0 Å². The summed E-state index contributed by atoms with van der Waals surface area (Å²) in [6.45, 7) is 2.70. The smallest absolute Gasteiger partial charge is 0.120 e. The molecule has 20 heavy (non-hydrogen) atoms. The van der Waals surface area contributed by atoms with Crippen molar-refractivity contribution in [1.29, 1.82) is 0 Å². The molecule has 1 saturated carbocycles. The van der Waals surface area contributed by atoms with Gasteiger partial charge >= 0.3 is 0 Å². The number of nitrogens with two attached hydrogens (primary N) is 1. The third kappa shape index (κ3) is 2.55. The minimum Gasteiger partial charge on any atom is -0.494 e. The van der Waals surface area contributed by atoms with Gasteiger partial charge in [-0.25, -0.2) is 0 Å². The molecule has 1 aliphatic rings. The fraction of sp³-hybridized carbons (Fsp3) is 0.529. The zero-order chi connectivity index (χ0) is 13.9. The lowest BCUT2D eigenvalue weighted by Crippen LogP contribution is -2.23. The molecule has 0 aliphatic heterocycles. The highest BCUT2D eigenvalue weighted by Crippen LogP contribution is 2.36. The number of aromatic nitrogens is 1. The first kappa shape index (κ1) is 13.5. The number of hydrogen-bond donors (Lipinski definition) is 2. The van der Waals surface area contributed by atoms with Crippen molar-refractivity contribution < 1.29 is 4.74 Å². The highest BCUT2D eigenvalue weighted by Gasteiger charge is 2.23. The molecule has 0 amide bonds. The molecular weight excluding hydrogens is 248 g/mol. The van der Waals surface area contributed by atoms with Gasteiger partial charge in [-0.1, -0.05) is 19.3 Å². The lowest BCUT2D eigenvalue weighted by molar-refractivity contribution is 0.309. The van der Waals surface area contributed by atoms with Crippen molar-refractivity contribution in [2.75, 3.05) is 6.61 Å². The summed E-state index contributed by atoms with van der Waals surface area (Å²) in [5.41, 5.74) is 8.94. The van der Waals surface area contributed by atoms with Gasteiger partial charge in [0.15, 0.2) is 0 Å². The molecule has 3 nitrogen and oxygen atoms in total. The van der Waals surface area contributed by atoms with Gasteiger partial charge in [-0.05, 0) is 49.4 Å². The predicted octanol–water partition coefficient (Wildman–Crippen LogP) is 4.15. The Morgan fingerprint density at radius 3 is 2.85 bits per heavy atom. The average Bonchev–Trinajstić information content (AvgIpc) is 2.91. The summed E-state index contributed by atoms with van der Waals surface area (Å²) in [6.07, 6.45) is 8.62. The first-order valence-electron chi connectivity index (χ1n) is 7.79. The van der Waals surface area contributed by atoms with Gasteiger partial charge in [0, 0.05) is 23.1 Å². The van der Waals surface area contributed by atoms with Crippen LogP contribution in [0.3, 0.4) is 0 Å². The number of benzene rings is 1. The van der Waals surface area contributed by atoms with Gasteiger partial charge in [0.25, 0.3) is 0 Å². The molecule has 1 aromatic heterocycles. The van der Waals surface area contributed by atoms with Crippen LogP contribution < -0.4 is 10.5 Å². The standard InChI is InChI=1S/C17H24N2O/c1-2-20-13-8-9-16-14(10-13)15(11-19-16)17(18)12-6-4-3-5-7-12/h8-12,17,19H,2-7,18H2,1H3. The predicted molar refractivity (Wildman–Crippen MR) is 83.0 cm³/mol. The summed E-state index contributed by atoms with van der Waals surface area (Å²) in [5, 5.41) is 1.22. The molecule has 0 bridgehead atoms. The molecule has 1 aromatic carbocycles. The Kier molecular flexibility index (Phi) is 3.97. The van der Waals surface area contributed by atoms with Crippen molar-refractivity contribution in [1.82, 2.24) is 4.98 Å². The molecule has 108 valence electrons. The largest absolute Gasteiger partial charge is 0.494 e. The van der Waals surface area contributed by atoms with Gasteiger partial charge < -0.3 is 15.5 Å². The Morgan fingerprint density at radius 2 is 2.10 bits per heavy atom. The van der Waals surface area contributed by atoms with Crippen molar-refractivity contribution >= 4 is 10.9 Å². The first-order chi connectivity index (χ1) is 9.79. The van der Waals surface area contributed by atoms with E-state index in [2.05, 4.69) is 23.3 Å². The van der Waals surface area contributed by atoms with Crippen molar-refractivity contribution in [3.63, 3.8) is 0 Å². The second kappa shape index (κ2) is 5.88. The molecule has 1 fully saturated rings. The number of nitrogens with one attached hydrogen (secondary N) is 1. The van der Waals surface area contributed by atoms with Gasteiger partial charge in [-0.15, -0.1) is 0 Å². The summed E-state index contributed by atoms with van der Waals surface area (Å²) < 4.78 is 5.61. The van der Waals surface area contributed by atoms with Crippen LogP contribution in [0.4, 0.5) is 0 Å². The van der Waals surface area contributed by atoms with E-state index in [-0.39, 0.29) is 6.04 Å². The molecule has 3 rings (SSSR count). The maximum Gasteiger partial charge on any atom is 0.120 e. The molecule has 1 heterocycles. The molecular formula is C17H24N2O. The molecule has 2 aromatic rings. The summed E-state index contributed by atoms with van der Waals surface area (Å²) in [7, 11) is 0. The zero-order valence-electron chi connectivity index (χ0n) is 12.2. The first-order valence-corrected chi connectivity index (χ1v) is 7.79. The monoisotopic (exact) mass is 272 g/mol. The fourth-order valence-corrected chi connectivity index (χ4v) is 3.40. The van der Waals surface area contributed by atoms with Crippen LogP contribution in [0, 0.1) is 5.92 Å². The summed E-state index contributed by atoms with van der Waals surface area (Å²) in [6, 6.07) is 6.35. The van der Waals surface area contributed by atoms with Crippen LogP contribution >= 0.6 is 0 Å². The molecule has 3 heteroatoms. The maximum absolute atomic E-state index is 6.54. The van der Waals surface area contributed by atoms with E-state index in [0.717, 1.165) is 11.3 Å². The quantitative estimate of drug-likeness (QED) is 0.878. The van der Waals surface area contributed by atoms with Crippen molar-refractivity contribution in [2.24, 2.45) is 11.7 Å². The van der Waals surface area contributed by atoms with Crippen LogP contribution in [-0.4, -0.2) is 11.6 Å². The van der Waals surface area contributed by atoms with Gasteiger partial charge in [0.1, 0.15) is 5.75 Å². The van der Waals surface area contributed by atoms with E-state index < -0.39 is 0 Å². The fourth-order valence-electron chi connectivity index (χ4n) is 3.40. The minimum atomic E-state index is 0.140. The van der Waals surface area contributed by atoms with Crippen LogP contribution in [0.15, 0.2) is 24.4 Å². The Hall–Kier alpha value is -1.48. The van der Waals surface area contributed by atoms with E-state index in [9.17, 15) is 0 Å². The van der Waals surface area contributed by atoms with E-state index in [4.69, 9.17) is 10.5 Å². The van der Waals surface area contributed by atoms with E-state index in [0.29, 0.717) is 12.5 Å². The summed E-state index contributed by atoms with van der Waals surface area (Å²) in [4.78, 5) is 3.34. The van der Waals surface area contributed by atoms with Crippen LogP contribution in [0.2, 0.25) is 0 Å². The molecule has 0 spiro atoms. The molecule has 1 atom stereocenters. The van der Waals surface area contributed by atoms with Crippen molar-refractivity contribution in [3.05, 3.63) is 30.0 Å². The van der Waals surface area contributed by atoms with E-state index in [1.807, 2.05) is 13.0 Å². The molecule has 1 unspecified atom stereocenters. The number of ether oxygens (including phenoxy) is 1. The van der Waals surface area contributed by atoms with E-state index in [1.165, 1.54) is 43.1 Å². The van der Waals surface area contributed by atoms with E-state index >= 15 is 0 Å². The summed E-state index contributed by atoms with van der Waals surface area (Å²) >= 11 is 0. The minimum absolute atomic E-state index is 0.140. The maximum atomic E-state index is 6.54. The number of H-pyrrole nitrogens is 1. The number of fused-ring (bicyclic) bond motifs is 1. The van der Waals surface area contributed by atoms with Crippen molar-refractivity contribution in [2.45, 2.75) is 45.1 Å². The van der Waals surface area contributed by atoms with Crippen LogP contribution in [-0.2, 0) is 0 Å². The molecule has 1 aliphatic carbocycles. The van der Waals surface area contributed by atoms with Crippen LogP contribution in [0.1, 0.15) is 50.6 Å². The lowest BCUT2D eigenvalue weighted by Gasteiger charge is -2.27. The average molecular weight is 272 g/mol. The van der Waals surface area contributed by atoms with Crippen LogP contribution in [0.5, 0.6) is 5.75 Å². The lowest BCUT2D eigenvalue weighted by atomic mass is 9.81. The number of aromatic amines is 1. The van der Waals surface area contributed by atoms with E-state index in [1.54, 1.807) is 0 Å². The van der Waals surface area contributed by atoms with Gasteiger partial charge in [0.05, 0.1) is 6.61 Å². The third-order valence-corrected chi connectivity index (χ3v) is 4.51. The SMILES string of the molecule is CCOc1ccc2[nH]cc(C(N)C3CCCCC3)c2c1. The van der Waals surface area contributed by atoms with Gasteiger partial charge in [0.2, 0.25) is 0 Å². The third-order valence-electron chi connectivity index (χ3n) is 4.51. The molecule has 0 saturated heterocycles. The Balaban J connectivity index is 1.91. The Labute approximate surface area is 120 Å². The topological polar surface area (TPSA) is 51.0 Å². The second-order valence-electron chi connectivity index (χ2n) is 5.81. The normalized spacial score (nSPS) is 18.3. The second-order valence-corrected chi connectivity index (χ2v) is 5.81. The zero-order valence-corrected chi connectivity index (χ0v) is 12.2. The van der Waals surface area contributed by atoms with Crippen LogP contribution in [0.25, 0.3) is 10.9 Å². The number of hydrogen-bond acceptors (Lipinski definition) is 2.